The van der Waals surface area contributed by atoms with Crippen LogP contribution in [0.2, 0.25) is 0 Å². The molecule has 2 N–H and O–H groups in total. The summed E-state index contributed by atoms with van der Waals surface area (Å²) in [6.45, 7) is 10.1. The molecular weight excluding hydrogens is 252 g/mol. The average Bonchev–Trinajstić information content (AvgIpc) is 2.25. The first-order valence-electron chi connectivity index (χ1n) is 7.02. The lowest BCUT2D eigenvalue weighted by Gasteiger charge is -2.54. The summed E-state index contributed by atoms with van der Waals surface area (Å²) in [6, 6.07) is 0.119. The van der Waals surface area contributed by atoms with Crippen molar-refractivity contribution in [1.82, 2.24) is 14.9 Å². The molecular formula is C15H24N4O. The van der Waals surface area contributed by atoms with Crippen LogP contribution < -0.4 is 5.73 Å². The van der Waals surface area contributed by atoms with E-state index in [0.717, 1.165) is 18.5 Å². The van der Waals surface area contributed by atoms with Gasteiger partial charge in [-0.3, -0.25) is 9.78 Å². The van der Waals surface area contributed by atoms with Gasteiger partial charge in [-0.2, -0.15) is 0 Å². The maximum absolute atomic E-state index is 12.8. The standard InChI is InChI=1S/C15H24N4O/c1-10-8-18-12(9-17-10)13(20)19-14(2,3)6-11(16)7-15(19,4)5/h8-9,11H,6-7,16H2,1-5H3. The Morgan fingerprint density at radius 3 is 2.20 bits per heavy atom. The number of piperidine rings is 1. The zero-order valence-electron chi connectivity index (χ0n) is 13.0. The molecule has 0 spiro atoms. The van der Waals surface area contributed by atoms with E-state index in [2.05, 4.69) is 37.7 Å². The Kier molecular flexibility index (Phi) is 3.58. The van der Waals surface area contributed by atoms with Gasteiger partial charge in [-0.1, -0.05) is 0 Å². The van der Waals surface area contributed by atoms with Crippen molar-refractivity contribution in [3.8, 4) is 0 Å². The summed E-state index contributed by atoms with van der Waals surface area (Å²) in [6.07, 6.45) is 4.77. The summed E-state index contributed by atoms with van der Waals surface area (Å²) in [5.41, 5.74) is 6.77. The summed E-state index contributed by atoms with van der Waals surface area (Å²) in [7, 11) is 0. The predicted octanol–water partition coefficient (Wildman–Crippen LogP) is 1.91. The van der Waals surface area contributed by atoms with Crippen LogP contribution in [0.25, 0.3) is 0 Å². The number of nitrogens with zero attached hydrogens (tertiary/aromatic N) is 3. The molecule has 0 aliphatic carbocycles. The molecule has 110 valence electrons. The second-order valence-electron chi connectivity index (χ2n) is 6.98. The molecule has 2 heterocycles. The van der Waals surface area contributed by atoms with Crippen molar-refractivity contribution in [2.45, 2.75) is 64.6 Å². The summed E-state index contributed by atoms with van der Waals surface area (Å²) in [5.74, 6) is -0.0700. The van der Waals surface area contributed by atoms with Crippen LogP contribution in [-0.4, -0.2) is 37.9 Å². The number of carbonyl (C=O) groups excluding carboxylic acids is 1. The summed E-state index contributed by atoms with van der Waals surface area (Å²) < 4.78 is 0. The highest BCUT2D eigenvalue weighted by Crippen LogP contribution is 2.38. The van der Waals surface area contributed by atoms with Gasteiger partial charge in [0, 0.05) is 23.3 Å². The number of nitrogens with two attached hydrogens (primary N) is 1. The number of likely N-dealkylation sites (tertiary alicyclic amines) is 1. The Balaban J connectivity index is 2.37. The first kappa shape index (κ1) is 14.9. The van der Waals surface area contributed by atoms with Crippen LogP contribution >= 0.6 is 0 Å². The third-order valence-electron chi connectivity index (χ3n) is 3.94. The van der Waals surface area contributed by atoms with Gasteiger partial charge in [-0.05, 0) is 47.5 Å². The van der Waals surface area contributed by atoms with E-state index in [1.807, 2.05) is 11.8 Å². The van der Waals surface area contributed by atoms with Crippen molar-refractivity contribution < 1.29 is 4.79 Å². The zero-order chi connectivity index (χ0) is 15.1. The quantitative estimate of drug-likeness (QED) is 0.850. The molecule has 1 aliphatic heterocycles. The van der Waals surface area contributed by atoms with Gasteiger partial charge >= 0.3 is 0 Å². The fourth-order valence-corrected chi connectivity index (χ4v) is 3.52. The van der Waals surface area contributed by atoms with E-state index in [-0.39, 0.29) is 23.0 Å². The predicted molar refractivity (Wildman–Crippen MR) is 78.3 cm³/mol. The van der Waals surface area contributed by atoms with Crippen molar-refractivity contribution in [2.75, 3.05) is 0 Å². The lowest BCUT2D eigenvalue weighted by Crippen LogP contribution is -2.65. The van der Waals surface area contributed by atoms with Crippen molar-refractivity contribution in [2.24, 2.45) is 5.73 Å². The highest BCUT2D eigenvalue weighted by Gasteiger charge is 2.47. The molecule has 0 bridgehead atoms. The van der Waals surface area contributed by atoms with Gasteiger partial charge in [-0.15, -0.1) is 0 Å². The SMILES string of the molecule is Cc1cnc(C(=O)N2C(C)(C)CC(N)CC2(C)C)cn1. The number of amides is 1. The van der Waals surface area contributed by atoms with E-state index in [9.17, 15) is 4.79 Å². The average molecular weight is 276 g/mol. The van der Waals surface area contributed by atoms with Gasteiger partial charge in [0.25, 0.3) is 5.91 Å². The molecule has 0 unspecified atom stereocenters. The Morgan fingerprint density at radius 2 is 1.75 bits per heavy atom. The second kappa shape index (κ2) is 4.81. The molecule has 1 fully saturated rings. The van der Waals surface area contributed by atoms with E-state index < -0.39 is 0 Å². The van der Waals surface area contributed by atoms with Crippen LogP contribution in [-0.2, 0) is 0 Å². The molecule has 5 heteroatoms. The molecule has 1 amide bonds. The van der Waals surface area contributed by atoms with Crippen molar-refractivity contribution in [1.29, 1.82) is 0 Å². The molecule has 1 saturated heterocycles. The van der Waals surface area contributed by atoms with Gasteiger partial charge in [0.2, 0.25) is 0 Å². The van der Waals surface area contributed by atoms with Crippen molar-refractivity contribution in [3.63, 3.8) is 0 Å². The third-order valence-corrected chi connectivity index (χ3v) is 3.94. The number of aromatic nitrogens is 2. The lowest BCUT2D eigenvalue weighted by atomic mass is 9.77. The number of rotatable bonds is 1. The van der Waals surface area contributed by atoms with Crippen molar-refractivity contribution in [3.05, 3.63) is 23.8 Å². The summed E-state index contributed by atoms with van der Waals surface area (Å²) in [4.78, 5) is 23.1. The van der Waals surface area contributed by atoms with Gasteiger partial charge < -0.3 is 10.6 Å². The summed E-state index contributed by atoms with van der Waals surface area (Å²) in [5, 5.41) is 0. The second-order valence-corrected chi connectivity index (χ2v) is 6.98. The van der Waals surface area contributed by atoms with Gasteiger partial charge in [0.15, 0.2) is 0 Å². The van der Waals surface area contributed by atoms with Crippen LogP contribution in [0.1, 0.15) is 56.7 Å². The normalized spacial score (nSPS) is 21.8. The van der Waals surface area contributed by atoms with Crippen molar-refractivity contribution >= 4 is 5.91 Å². The highest BCUT2D eigenvalue weighted by molar-refractivity contribution is 5.93. The van der Waals surface area contributed by atoms with Gasteiger partial charge in [0.05, 0.1) is 11.9 Å². The maximum Gasteiger partial charge on any atom is 0.274 e. The zero-order valence-corrected chi connectivity index (χ0v) is 13.0. The highest BCUT2D eigenvalue weighted by atomic mass is 16.2. The van der Waals surface area contributed by atoms with E-state index in [4.69, 9.17) is 5.73 Å². The first-order chi connectivity index (χ1) is 9.13. The Bertz CT molecular complexity index is 489. The van der Waals surface area contributed by atoms with Crippen LogP contribution in [0.5, 0.6) is 0 Å². The maximum atomic E-state index is 12.8. The molecule has 20 heavy (non-hydrogen) atoms. The molecule has 0 atom stereocenters. The number of carbonyl (C=O) groups is 1. The van der Waals surface area contributed by atoms with Crippen LogP contribution in [0.3, 0.4) is 0 Å². The summed E-state index contributed by atoms with van der Waals surface area (Å²) >= 11 is 0. The Morgan fingerprint density at radius 1 is 1.20 bits per heavy atom. The molecule has 2 rings (SSSR count). The minimum Gasteiger partial charge on any atom is -0.328 e. The fourth-order valence-electron chi connectivity index (χ4n) is 3.52. The number of hydrogen-bond donors (Lipinski definition) is 1. The number of hydrogen-bond acceptors (Lipinski definition) is 4. The smallest absolute Gasteiger partial charge is 0.274 e. The monoisotopic (exact) mass is 276 g/mol. The number of aryl methyl sites for hydroxylation is 1. The molecule has 5 nitrogen and oxygen atoms in total. The molecule has 1 aromatic rings. The van der Waals surface area contributed by atoms with Gasteiger partial charge in [-0.25, -0.2) is 4.98 Å². The molecule has 1 aliphatic rings. The lowest BCUT2D eigenvalue weighted by molar-refractivity contribution is -0.0176. The van der Waals surface area contributed by atoms with Crippen LogP contribution in [0.4, 0.5) is 0 Å². The largest absolute Gasteiger partial charge is 0.328 e. The van der Waals surface area contributed by atoms with E-state index in [0.29, 0.717) is 5.69 Å². The topological polar surface area (TPSA) is 72.1 Å². The Labute approximate surface area is 120 Å². The minimum absolute atomic E-state index is 0.0700. The van der Waals surface area contributed by atoms with Gasteiger partial charge in [0.1, 0.15) is 5.69 Å². The Hall–Kier alpha value is -1.49. The molecule has 0 aromatic carbocycles. The van der Waals surface area contributed by atoms with Crippen LogP contribution in [0, 0.1) is 6.92 Å². The third kappa shape index (κ3) is 2.68. The molecule has 0 saturated carbocycles. The molecule has 1 aromatic heterocycles. The fraction of sp³-hybridized carbons (Fsp3) is 0.667. The first-order valence-corrected chi connectivity index (χ1v) is 7.02. The van der Waals surface area contributed by atoms with E-state index in [1.54, 1.807) is 12.4 Å². The van der Waals surface area contributed by atoms with E-state index >= 15 is 0 Å². The molecule has 0 radical (unpaired) electrons. The van der Waals surface area contributed by atoms with Crippen LogP contribution in [0.15, 0.2) is 12.4 Å². The minimum atomic E-state index is -0.287. The van der Waals surface area contributed by atoms with E-state index in [1.165, 1.54) is 0 Å².